The van der Waals surface area contributed by atoms with E-state index in [0.717, 1.165) is 19.0 Å². The maximum atomic E-state index is 11.8. The third-order valence-corrected chi connectivity index (χ3v) is 4.80. The van der Waals surface area contributed by atoms with Crippen LogP contribution in [-0.2, 0) is 4.79 Å². The minimum atomic E-state index is 0.0319. The van der Waals surface area contributed by atoms with Gasteiger partial charge in [-0.2, -0.15) is 0 Å². The van der Waals surface area contributed by atoms with E-state index in [2.05, 4.69) is 22.5 Å². The zero-order valence-electron chi connectivity index (χ0n) is 11.3. The SMILES string of the molecule is CC(SCC(=O)Nc1ccccn1)C1CCNCC1. The molecular formula is C14H21N3OS. The molecule has 0 bridgehead atoms. The summed E-state index contributed by atoms with van der Waals surface area (Å²) in [5.41, 5.74) is 0. The number of thioether (sulfide) groups is 1. The van der Waals surface area contributed by atoms with Gasteiger partial charge in [-0.15, -0.1) is 11.8 Å². The van der Waals surface area contributed by atoms with Crippen LogP contribution in [0.2, 0.25) is 0 Å². The summed E-state index contributed by atoms with van der Waals surface area (Å²) in [7, 11) is 0. The Balaban J connectivity index is 1.71. The summed E-state index contributed by atoms with van der Waals surface area (Å²) >= 11 is 1.74. The number of anilines is 1. The molecule has 0 aliphatic carbocycles. The summed E-state index contributed by atoms with van der Waals surface area (Å²) in [5.74, 6) is 1.89. The summed E-state index contributed by atoms with van der Waals surface area (Å²) in [6.45, 7) is 4.44. The number of nitrogens with zero attached hydrogens (tertiary/aromatic N) is 1. The van der Waals surface area contributed by atoms with Crippen LogP contribution in [0.15, 0.2) is 24.4 Å². The molecule has 2 heterocycles. The molecular weight excluding hydrogens is 258 g/mol. The van der Waals surface area contributed by atoms with Gasteiger partial charge in [0.2, 0.25) is 5.91 Å². The molecule has 19 heavy (non-hydrogen) atoms. The zero-order valence-corrected chi connectivity index (χ0v) is 12.1. The molecule has 1 aliphatic heterocycles. The Morgan fingerprint density at radius 3 is 3.00 bits per heavy atom. The Bertz CT molecular complexity index is 393. The van der Waals surface area contributed by atoms with Gasteiger partial charge in [0, 0.05) is 11.4 Å². The van der Waals surface area contributed by atoms with Crippen molar-refractivity contribution in [1.29, 1.82) is 0 Å². The number of hydrogen-bond acceptors (Lipinski definition) is 4. The fourth-order valence-corrected chi connectivity index (χ4v) is 3.30. The average molecular weight is 279 g/mol. The Hall–Kier alpha value is -1.07. The molecule has 5 heteroatoms. The quantitative estimate of drug-likeness (QED) is 0.867. The number of pyridine rings is 1. The van der Waals surface area contributed by atoms with Crippen molar-refractivity contribution in [2.45, 2.75) is 25.0 Å². The van der Waals surface area contributed by atoms with Crippen molar-refractivity contribution in [1.82, 2.24) is 10.3 Å². The summed E-state index contributed by atoms with van der Waals surface area (Å²) in [5, 5.41) is 6.73. The molecule has 1 amide bonds. The molecule has 1 atom stereocenters. The van der Waals surface area contributed by atoms with Gasteiger partial charge in [0.25, 0.3) is 0 Å². The molecule has 0 aromatic carbocycles. The van der Waals surface area contributed by atoms with E-state index in [0.29, 0.717) is 16.8 Å². The van der Waals surface area contributed by atoms with Crippen LogP contribution < -0.4 is 10.6 Å². The minimum absolute atomic E-state index is 0.0319. The largest absolute Gasteiger partial charge is 0.317 e. The third kappa shape index (κ3) is 4.84. The molecule has 4 nitrogen and oxygen atoms in total. The molecule has 0 spiro atoms. The number of piperidine rings is 1. The second kappa shape index (κ2) is 7.50. The van der Waals surface area contributed by atoms with Gasteiger partial charge in [0.1, 0.15) is 5.82 Å². The van der Waals surface area contributed by atoms with Crippen LogP contribution in [0.3, 0.4) is 0 Å². The molecule has 1 saturated heterocycles. The summed E-state index contributed by atoms with van der Waals surface area (Å²) < 4.78 is 0. The van der Waals surface area contributed by atoms with Crippen LogP contribution in [0.5, 0.6) is 0 Å². The van der Waals surface area contributed by atoms with E-state index in [1.165, 1.54) is 12.8 Å². The van der Waals surface area contributed by atoms with E-state index in [9.17, 15) is 4.79 Å². The van der Waals surface area contributed by atoms with Gasteiger partial charge in [-0.25, -0.2) is 4.98 Å². The lowest BCUT2D eigenvalue weighted by atomic mass is 9.95. The molecule has 104 valence electrons. The Labute approximate surface area is 118 Å². The summed E-state index contributed by atoms with van der Waals surface area (Å²) in [6.07, 6.45) is 4.12. The molecule has 2 rings (SSSR count). The molecule has 2 N–H and O–H groups in total. The lowest BCUT2D eigenvalue weighted by Crippen LogP contribution is -2.32. The van der Waals surface area contributed by atoms with E-state index in [4.69, 9.17) is 0 Å². The standard InChI is InChI=1S/C14H21N3OS/c1-11(12-5-8-15-9-6-12)19-10-14(18)17-13-4-2-3-7-16-13/h2-4,7,11-12,15H,5-6,8-10H2,1H3,(H,16,17,18). The predicted octanol–water partition coefficient (Wildman–Crippen LogP) is 2.14. The van der Waals surface area contributed by atoms with E-state index < -0.39 is 0 Å². The Morgan fingerprint density at radius 2 is 2.32 bits per heavy atom. The van der Waals surface area contributed by atoms with E-state index in [-0.39, 0.29) is 5.91 Å². The smallest absolute Gasteiger partial charge is 0.235 e. The lowest BCUT2D eigenvalue weighted by Gasteiger charge is -2.27. The highest BCUT2D eigenvalue weighted by Crippen LogP contribution is 2.26. The number of hydrogen-bond donors (Lipinski definition) is 2. The van der Waals surface area contributed by atoms with Gasteiger partial charge in [-0.05, 0) is 44.0 Å². The van der Waals surface area contributed by atoms with E-state index >= 15 is 0 Å². The van der Waals surface area contributed by atoms with Crippen molar-refractivity contribution in [3.05, 3.63) is 24.4 Å². The maximum Gasteiger partial charge on any atom is 0.235 e. The molecule has 1 aromatic rings. The number of rotatable bonds is 5. The fraction of sp³-hybridized carbons (Fsp3) is 0.571. The van der Waals surface area contributed by atoms with Crippen LogP contribution in [-0.4, -0.2) is 35.0 Å². The van der Waals surface area contributed by atoms with E-state index in [1.54, 1.807) is 24.0 Å². The third-order valence-electron chi connectivity index (χ3n) is 3.46. The van der Waals surface area contributed by atoms with Crippen LogP contribution >= 0.6 is 11.8 Å². The van der Waals surface area contributed by atoms with Crippen LogP contribution in [0.25, 0.3) is 0 Å². The van der Waals surface area contributed by atoms with Crippen LogP contribution in [0.4, 0.5) is 5.82 Å². The number of carbonyl (C=O) groups excluding carboxylic acids is 1. The van der Waals surface area contributed by atoms with Crippen molar-refractivity contribution in [3.63, 3.8) is 0 Å². The van der Waals surface area contributed by atoms with Crippen molar-refractivity contribution < 1.29 is 4.79 Å². The number of carbonyl (C=O) groups is 1. The normalized spacial score (nSPS) is 17.9. The Morgan fingerprint density at radius 1 is 1.53 bits per heavy atom. The van der Waals surface area contributed by atoms with Gasteiger partial charge in [-0.3, -0.25) is 4.79 Å². The summed E-state index contributed by atoms with van der Waals surface area (Å²) in [6, 6.07) is 5.51. The van der Waals surface area contributed by atoms with Gasteiger partial charge >= 0.3 is 0 Å². The maximum absolute atomic E-state index is 11.8. The first kappa shape index (κ1) is 14.3. The number of amides is 1. The first-order valence-corrected chi connectivity index (χ1v) is 7.84. The van der Waals surface area contributed by atoms with Gasteiger partial charge in [-0.1, -0.05) is 13.0 Å². The Kier molecular flexibility index (Phi) is 5.66. The van der Waals surface area contributed by atoms with Crippen molar-refractivity contribution in [3.8, 4) is 0 Å². The van der Waals surface area contributed by atoms with Crippen LogP contribution in [0.1, 0.15) is 19.8 Å². The first-order valence-electron chi connectivity index (χ1n) is 6.79. The topological polar surface area (TPSA) is 54.0 Å². The summed E-state index contributed by atoms with van der Waals surface area (Å²) in [4.78, 5) is 15.9. The molecule has 1 unspecified atom stereocenters. The molecule has 1 aliphatic rings. The highest BCUT2D eigenvalue weighted by Gasteiger charge is 2.20. The molecule has 0 radical (unpaired) electrons. The zero-order chi connectivity index (χ0) is 13.5. The predicted molar refractivity (Wildman–Crippen MR) is 80.4 cm³/mol. The monoisotopic (exact) mass is 279 g/mol. The number of nitrogens with one attached hydrogen (secondary N) is 2. The molecule has 1 aromatic heterocycles. The highest BCUT2D eigenvalue weighted by atomic mass is 32.2. The molecule has 0 saturated carbocycles. The molecule has 1 fully saturated rings. The van der Waals surface area contributed by atoms with Gasteiger partial charge in [0.15, 0.2) is 0 Å². The van der Waals surface area contributed by atoms with E-state index in [1.807, 2.05) is 12.1 Å². The highest BCUT2D eigenvalue weighted by molar-refractivity contribution is 8.00. The van der Waals surface area contributed by atoms with Crippen molar-refractivity contribution in [2.24, 2.45) is 5.92 Å². The average Bonchev–Trinajstić information content (AvgIpc) is 2.47. The van der Waals surface area contributed by atoms with Crippen molar-refractivity contribution in [2.75, 3.05) is 24.2 Å². The lowest BCUT2D eigenvalue weighted by molar-refractivity contribution is -0.113. The number of aromatic nitrogens is 1. The fourth-order valence-electron chi connectivity index (χ4n) is 2.27. The van der Waals surface area contributed by atoms with Gasteiger partial charge < -0.3 is 10.6 Å². The second-order valence-electron chi connectivity index (χ2n) is 4.87. The first-order chi connectivity index (χ1) is 9.25. The van der Waals surface area contributed by atoms with Crippen molar-refractivity contribution >= 4 is 23.5 Å². The van der Waals surface area contributed by atoms with Crippen LogP contribution in [0, 0.1) is 5.92 Å². The second-order valence-corrected chi connectivity index (χ2v) is 6.23. The van der Waals surface area contributed by atoms with Gasteiger partial charge in [0.05, 0.1) is 5.75 Å². The minimum Gasteiger partial charge on any atom is -0.317 e.